The van der Waals surface area contributed by atoms with Crippen molar-refractivity contribution in [2.24, 2.45) is 5.73 Å². The van der Waals surface area contributed by atoms with Crippen LogP contribution in [0.4, 0.5) is 0 Å². The highest BCUT2D eigenvalue weighted by atomic mass is 31.0. The molecule has 0 amide bonds. The summed E-state index contributed by atoms with van der Waals surface area (Å²) in [5.41, 5.74) is 5.27. The molecule has 5 heavy (non-hydrogen) atoms. The fourth-order valence-corrected chi connectivity index (χ4v) is 0.385. The molecule has 3 atom stereocenters. The normalized spacial score (nSPS) is 49.2. The molecule has 1 rings (SSSR count). The van der Waals surface area contributed by atoms with E-state index in [4.69, 9.17) is 5.73 Å². The van der Waals surface area contributed by atoms with E-state index < -0.39 is 0 Å². The summed E-state index contributed by atoms with van der Waals surface area (Å²) in [6.07, 6.45) is 0.347. The van der Waals surface area contributed by atoms with Crippen LogP contribution >= 0.6 is 9.39 Å². The van der Waals surface area contributed by atoms with Crippen molar-refractivity contribution in [2.45, 2.75) is 6.17 Å². The summed E-state index contributed by atoms with van der Waals surface area (Å²) in [6.45, 7) is 1.05. The second-order valence-electron chi connectivity index (χ2n) is 1.26. The Hall–Kier alpha value is 0.350. The van der Waals surface area contributed by atoms with E-state index in [0.717, 1.165) is 6.54 Å². The van der Waals surface area contributed by atoms with Gasteiger partial charge in [0.15, 0.2) is 0 Å². The van der Waals surface area contributed by atoms with Crippen molar-refractivity contribution in [1.29, 1.82) is 0 Å². The van der Waals surface area contributed by atoms with Crippen molar-refractivity contribution in [3.05, 3.63) is 0 Å². The van der Waals surface area contributed by atoms with Crippen LogP contribution in [0.2, 0.25) is 0 Å². The Bertz CT molecular complexity index is 40.9. The van der Waals surface area contributed by atoms with Gasteiger partial charge in [-0.05, 0) is 0 Å². The molecule has 0 spiro atoms. The molecule has 2 nitrogen and oxygen atoms in total. The predicted octanol–water partition coefficient (Wildman–Crippen LogP) is -0.623. The smallest absolute Gasteiger partial charge is 0.0737 e. The third-order valence-corrected chi connectivity index (χ3v) is 1.28. The SMILES string of the molecule is NC1CN1P. The quantitative estimate of drug-likeness (QED) is 0.317. The second kappa shape index (κ2) is 0.904. The lowest BCUT2D eigenvalue weighted by Gasteiger charge is -1.75. The van der Waals surface area contributed by atoms with Gasteiger partial charge in [-0.1, -0.05) is 9.39 Å². The standard InChI is InChI=1S/C2H7N2P/c3-2-1-4(2)5/h2H,1,3,5H2. The van der Waals surface area contributed by atoms with E-state index in [-0.39, 0.29) is 0 Å². The second-order valence-corrected chi connectivity index (χ2v) is 1.93. The summed E-state index contributed by atoms with van der Waals surface area (Å²) in [7, 11) is 2.52. The van der Waals surface area contributed by atoms with E-state index in [0.29, 0.717) is 6.17 Å². The molecule has 1 fully saturated rings. The molecule has 1 heterocycles. The maximum atomic E-state index is 5.27. The molecule has 0 bridgehead atoms. The molecule has 3 unspecified atom stereocenters. The van der Waals surface area contributed by atoms with Gasteiger partial charge in [0.25, 0.3) is 0 Å². The minimum atomic E-state index is 0.347. The first kappa shape index (κ1) is 3.54. The molecular weight excluding hydrogens is 83.0 g/mol. The predicted molar refractivity (Wildman–Crippen MR) is 24.4 cm³/mol. The number of hydrogen-bond donors (Lipinski definition) is 1. The van der Waals surface area contributed by atoms with Gasteiger partial charge in [-0.3, -0.25) is 4.67 Å². The highest BCUT2D eigenvalue weighted by molar-refractivity contribution is 7.13. The Morgan fingerprint density at radius 1 is 2.00 bits per heavy atom. The Kier molecular flexibility index (Phi) is 0.639. The summed E-state index contributed by atoms with van der Waals surface area (Å²) in [5, 5.41) is 0. The first-order chi connectivity index (χ1) is 2.30. The van der Waals surface area contributed by atoms with Gasteiger partial charge in [-0.15, -0.1) is 0 Å². The van der Waals surface area contributed by atoms with Crippen LogP contribution in [0, 0.1) is 0 Å². The van der Waals surface area contributed by atoms with E-state index in [1.165, 1.54) is 0 Å². The van der Waals surface area contributed by atoms with Gasteiger partial charge in [-0.2, -0.15) is 0 Å². The van der Waals surface area contributed by atoms with Crippen LogP contribution in [0.25, 0.3) is 0 Å². The Morgan fingerprint density at radius 3 is 2.20 bits per heavy atom. The van der Waals surface area contributed by atoms with Crippen LogP contribution in [0.15, 0.2) is 0 Å². The molecule has 0 radical (unpaired) electrons. The van der Waals surface area contributed by atoms with Gasteiger partial charge in [-0.25, -0.2) is 0 Å². The van der Waals surface area contributed by atoms with Crippen LogP contribution in [0.3, 0.4) is 0 Å². The van der Waals surface area contributed by atoms with Crippen LogP contribution < -0.4 is 5.73 Å². The lowest BCUT2D eigenvalue weighted by atomic mass is 10.8. The zero-order valence-electron chi connectivity index (χ0n) is 2.89. The van der Waals surface area contributed by atoms with E-state index in [2.05, 4.69) is 9.39 Å². The Balaban J connectivity index is 2.20. The number of hydrogen-bond acceptors (Lipinski definition) is 2. The van der Waals surface area contributed by atoms with E-state index in [1.54, 1.807) is 0 Å². The maximum Gasteiger partial charge on any atom is 0.0737 e. The summed E-state index contributed by atoms with van der Waals surface area (Å²) in [4.78, 5) is 0. The first-order valence-electron chi connectivity index (χ1n) is 1.57. The van der Waals surface area contributed by atoms with Gasteiger partial charge in [0, 0.05) is 6.54 Å². The summed E-state index contributed by atoms with van der Waals surface area (Å²) in [6, 6.07) is 0. The maximum absolute atomic E-state index is 5.27. The fourth-order valence-electron chi connectivity index (χ4n) is 0.169. The van der Waals surface area contributed by atoms with Crippen molar-refractivity contribution in [3.63, 3.8) is 0 Å². The van der Waals surface area contributed by atoms with E-state index >= 15 is 0 Å². The molecule has 2 N–H and O–H groups in total. The third-order valence-electron chi connectivity index (χ3n) is 0.690. The highest BCUT2D eigenvalue weighted by Gasteiger charge is 2.23. The van der Waals surface area contributed by atoms with Crippen molar-refractivity contribution in [2.75, 3.05) is 6.54 Å². The number of nitrogens with two attached hydrogens (primary N) is 1. The van der Waals surface area contributed by atoms with Gasteiger partial charge >= 0.3 is 0 Å². The lowest BCUT2D eigenvalue weighted by molar-refractivity contribution is 0.823. The zero-order valence-corrected chi connectivity index (χ0v) is 4.04. The van der Waals surface area contributed by atoms with Crippen molar-refractivity contribution in [3.8, 4) is 0 Å². The average Bonchev–Trinajstić information content (AvgIpc) is 1.79. The molecule has 0 saturated carbocycles. The van der Waals surface area contributed by atoms with Gasteiger partial charge < -0.3 is 5.73 Å². The highest BCUT2D eigenvalue weighted by Crippen LogP contribution is 2.15. The lowest BCUT2D eigenvalue weighted by Crippen LogP contribution is -2.01. The minimum Gasteiger partial charge on any atom is -0.314 e. The molecular formula is C2H7N2P. The molecule has 1 aliphatic heterocycles. The van der Waals surface area contributed by atoms with Crippen molar-refractivity contribution < 1.29 is 0 Å². The van der Waals surface area contributed by atoms with E-state index in [9.17, 15) is 0 Å². The van der Waals surface area contributed by atoms with E-state index in [1.807, 2.05) is 4.67 Å². The molecule has 0 aromatic rings. The topological polar surface area (TPSA) is 29.0 Å². The molecule has 1 aliphatic rings. The molecule has 0 aromatic heterocycles. The Morgan fingerprint density at radius 2 is 2.20 bits per heavy atom. The third kappa shape index (κ3) is 0.596. The largest absolute Gasteiger partial charge is 0.314 e. The zero-order chi connectivity index (χ0) is 3.86. The monoisotopic (exact) mass is 90.0 g/mol. The summed E-state index contributed by atoms with van der Waals surface area (Å²) >= 11 is 0. The number of nitrogens with zero attached hydrogens (tertiary/aromatic N) is 1. The van der Waals surface area contributed by atoms with Gasteiger partial charge in [0.2, 0.25) is 0 Å². The number of rotatable bonds is 0. The van der Waals surface area contributed by atoms with Crippen LogP contribution in [-0.4, -0.2) is 17.4 Å². The molecule has 0 aromatic carbocycles. The van der Waals surface area contributed by atoms with Gasteiger partial charge in [0.1, 0.15) is 0 Å². The molecule has 3 heteroatoms. The van der Waals surface area contributed by atoms with Crippen molar-refractivity contribution >= 4 is 9.39 Å². The Labute approximate surface area is 33.6 Å². The van der Waals surface area contributed by atoms with Crippen LogP contribution in [0.5, 0.6) is 0 Å². The minimum absolute atomic E-state index is 0.347. The molecule has 0 aliphatic carbocycles. The van der Waals surface area contributed by atoms with Crippen LogP contribution in [0.1, 0.15) is 0 Å². The fraction of sp³-hybridized carbons (Fsp3) is 1.00. The van der Waals surface area contributed by atoms with Crippen LogP contribution in [-0.2, 0) is 0 Å². The van der Waals surface area contributed by atoms with Gasteiger partial charge in [0.05, 0.1) is 6.17 Å². The summed E-state index contributed by atoms with van der Waals surface area (Å²) < 4.78 is 1.99. The summed E-state index contributed by atoms with van der Waals surface area (Å²) in [5.74, 6) is 0. The molecule has 1 saturated heterocycles. The first-order valence-corrected chi connectivity index (χ1v) is 2.09. The molecule has 30 valence electrons. The average molecular weight is 90.1 g/mol. The van der Waals surface area contributed by atoms with Crippen molar-refractivity contribution in [1.82, 2.24) is 4.67 Å².